The summed E-state index contributed by atoms with van der Waals surface area (Å²) in [5, 5.41) is 5.56. The topological polar surface area (TPSA) is 86.9 Å². The summed E-state index contributed by atoms with van der Waals surface area (Å²) in [5.74, 6) is 1.44. The van der Waals surface area contributed by atoms with E-state index in [0.717, 1.165) is 49.7 Å². The standard InChI is InChI=1S/C21H30N6OS.HI/c1-23-21(26(2)12-9-18-8-5-13-29-18)25-14-16-6-3-10-24-20(16)27-11-4-7-17(15-27)19(22)28;/h3,5-6,8,10,13,17H,4,7,9,11-12,14-15H2,1-2H3,(H2,22,28)(H,23,25);1H. The molecule has 1 aliphatic heterocycles. The molecule has 3 rings (SSSR count). The van der Waals surface area contributed by atoms with Gasteiger partial charge in [-0.15, -0.1) is 35.3 Å². The monoisotopic (exact) mass is 542 g/mol. The first kappa shape index (κ1) is 24.4. The maximum atomic E-state index is 11.6. The molecule has 3 N–H and O–H groups in total. The number of hydrogen-bond acceptors (Lipinski definition) is 5. The van der Waals surface area contributed by atoms with E-state index in [9.17, 15) is 4.79 Å². The Morgan fingerprint density at radius 3 is 2.97 bits per heavy atom. The predicted molar refractivity (Wildman–Crippen MR) is 135 cm³/mol. The molecule has 164 valence electrons. The SMILES string of the molecule is CN=C(NCc1cccnc1N1CCCC(C(N)=O)C1)N(C)CCc1cccs1.I. The van der Waals surface area contributed by atoms with Gasteiger partial charge in [-0.2, -0.15) is 0 Å². The molecule has 0 aromatic carbocycles. The lowest BCUT2D eigenvalue weighted by Crippen LogP contribution is -2.42. The highest BCUT2D eigenvalue weighted by Crippen LogP contribution is 2.24. The average Bonchev–Trinajstić information content (AvgIpc) is 3.27. The van der Waals surface area contributed by atoms with Crippen LogP contribution in [-0.2, 0) is 17.8 Å². The number of aliphatic imine (C=N–C) groups is 1. The Hall–Kier alpha value is -1.88. The molecule has 0 radical (unpaired) electrons. The Morgan fingerprint density at radius 2 is 2.27 bits per heavy atom. The number of primary amides is 1. The van der Waals surface area contributed by atoms with Gasteiger partial charge in [0.05, 0.1) is 5.92 Å². The third-order valence-corrected chi connectivity index (χ3v) is 6.21. The third kappa shape index (κ3) is 6.56. The van der Waals surface area contributed by atoms with Crippen LogP contribution in [0.3, 0.4) is 0 Å². The van der Waals surface area contributed by atoms with E-state index >= 15 is 0 Å². The number of carbonyl (C=O) groups excluding carboxylic acids is 1. The first-order chi connectivity index (χ1) is 14.1. The number of likely N-dealkylation sites (N-methyl/N-ethyl adjacent to an activating group) is 1. The number of rotatable bonds is 7. The molecule has 0 bridgehead atoms. The van der Waals surface area contributed by atoms with Crippen molar-refractivity contribution in [2.75, 3.05) is 38.6 Å². The van der Waals surface area contributed by atoms with Crippen molar-refractivity contribution in [2.45, 2.75) is 25.8 Å². The molecule has 3 heterocycles. The molecule has 1 saturated heterocycles. The van der Waals surface area contributed by atoms with E-state index in [2.05, 4.69) is 55.7 Å². The van der Waals surface area contributed by atoms with E-state index in [4.69, 9.17) is 5.73 Å². The number of piperidine rings is 1. The van der Waals surface area contributed by atoms with Crippen molar-refractivity contribution in [3.05, 3.63) is 46.3 Å². The highest BCUT2D eigenvalue weighted by Gasteiger charge is 2.26. The van der Waals surface area contributed by atoms with Crippen molar-refractivity contribution < 1.29 is 4.79 Å². The summed E-state index contributed by atoms with van der Waals surface area (Å²) in [5.41, 5.74) is 6.63. The number of nitrogens with two attached hydrogens (primary N) is 1. The Bertz CT molecular complexity index is 829. The number of pyridine rings is 1. The number of halogens is 1. The predicted octanol–water partition coefficient (Wildman–Crippen LogP) is 2.71. The van der Waals surface area contributed by atoms with E-state index < -0.39 is 0 Å². The lowest BCUT2D eigenvalue weighted by molar-refractivity contribution is -0.122. The van der Waals surface area contributed by atoms with Crippen LogP contribution in [0.2, 0.25) is 0 Å². The van der Waals surface area contributed by atoms with Crippen LogP contribution in [0, 0.1) is 5.92 Å². The molecule has 9 heteroatoms. The maximum absolute atomic E-state index is 11.6. The Kier molecular flexibility index (Phi) is 9.83. The summed E-state index contributed by atoms with van der Waals surface area (Å²) in [6.07, 6.45) is 4.60. The zero-order valence-electron chi connectivity index (χ0n) is 17.6. The number of anilines is 1. The van der Waals surface area contributed by atoms with Gasteiger partial charge in [0.2, 0.25) is 5.91 Å². The molecule has 1 fully saturated rings. The lowest BCUT2D eigenvalue weighted by atomic mass is 9.97. The quantitative estimate of drug-likeness (QED) is 0.319. The van der Waals surface area contributed by atoms with Crippen LogP contribution in [-0.4, -0.2) is 55.5 Å². The second-order valence-electron chi connectivity index (χ2n) is 7.33. The van der Waals surface area contributed by atoms with Crippen LogP contribution >= 0.6 is 35.3 Å². The van der Waals surface area contributed by atoms with Crippen molar-refractivity contribution in [3.8, 4) is 0 Å². The lowest BCUT2D eigenvalue weighted by Gasteiger charge is -2.33. The zero-order chi connectivity index (χ0) is 20.6. The molecule has 1 unspecified atom stereocenters. The highest BCUT2D eigenvalue weighted by atomic mass is 127. The maximum Gasteiger partial charge on any atom is 0.222 e. The number of carbonyl (C=O) groups is 1. The minimum atomic E-state index is -0.224. The molecular weight excluding hydrogens is 511 g/mol. The van der Waals surface area contributed by atoms with Crippen LogP contribution < -0.4 is 16.0 Å². The molecule has 0 spiro atoms. The van der Waals surface area contributed by atoms with Gasteiger partial charge in [0.25, 0.3) is 0 Å². The van der Waals surface area contributed by atoms with Gasteiger partial charge >= 0.3 is 0 Å². The third-order valence-electron chi connectivity index (χ3n) is 5.27. The normalized spacial score (nSPS) is 16.7. The second-order valence-corrected chi connectivity index (χ2v) is 8.36. The molecule has 0 saturated carbocycles. The van der Waals surface area contributed by atoms with Gasteiger partial charge in [0.1, 0.15) is 5.82 Å². The fraction of sp³-hybridized carbons (Fsp3) is 0.476. The number of aromatic nitrogens is 1. The van der Waals surface area contributed by atoms with Crippen LogP contribution in [0.4, 0.5) is 5.82 Å². The van der Waals surface area contributed by atoms with Crippen molar-refractivity contribution >= 4 is 53.0 Å². The second kappa shape index (κ2) is 12.1. The van der Waals surface area contributed by atoms with Crippen LogP contribution in [0.1, 0.15) is 23.3 Å². The van der Waals surface area contributed by atoms with E-state index in [-0.39, 0.29) is 35.8 Å². The Balaban J connectivity index is 0.00000320. The summed E-state index contributed by atoms with van der Waals surface area (Å²) >= 11 is 1.78. The van der Waals surface area contributed by atoms with Crippen LogP contribution in [0.15, 0.2) is 40.8 Å². The number of thiophene rings is 1. The molecule has 1 atom stereocenters. The highest BCUT2D eigenvalue weighted by molar-refractivity contribution is 14.0. The molecule has 1 amide bonds. The van der Waals surface area contributed by atoms with Gasteiger partial charge in [-0.25, -0.2) is 4.98 Å². The molecule has 2 aromatic rings. The van der Waals surface area contributed by atoms with Gasteiger partial charge in [0.15, 0.2) is 5.96 Å². The van der Waals surface area contributed by atoms with E-state index in [0.29, 0.717) is 13.1 Å². The van der Waals surface area contributed by atoms with Crippen molar-refractivity contribution in [3.63, 3.8) is 0 Å². The van der Waals surface area contributed by atoms with E-state index in [1.807, 2.05) is 6.07 Å². The molecule has 1 aliphatic rings. The molecule has 7 nitrogen and oxygen atoms in total. The molecule has 0 aliphatic carbocycles. The first-order valence-corrected chi connectivity index (χ1v) is 10.9. The first-order valence-electron chi connectivity index (χ1n) is 10.0. The van der Waals surface area contributed by atoms with E-state index in [1.54, 1.807) is 24.6 Å². The number of nitrogens with one attached hydrogen (secondary N) is 1. The van der Waals surface area contributed by atoms with Gasteiger partial charge in [-0.3, -0.25) is 9.79 Å². The summed E-state index contributed by atoms with van der Waals surface area (Å²) in [4.78, 5) is 26.3. The fourth-order valence-corrected chi connectivity index (χ4v) is 4.35. The van der Waals surface area contributed by atoms with Crippen LogP contribution in [0.5, 0.6) is 0 Å². The van der Waals surface area contributed by atoms with Gasteiger partial charge in [0, 0.05) is 56.9 Å². The summed E-state index contributed by atoms with van der Waals surface area (Å²) < 4.78 is 0. The number of nitrogens with zero attached hydrogens (tertiary/aromatic N) is 4. The Labute approximate surface area is 199 Å². The van der Waals surface area contributed by atoms with Crippen molar-refractivity contribution in [1.29, 1.82) is 0 Å². The summed E-state index contributed by atoms with van der Waals surface area (Å²) in [7, 11) is 3.85. The van der Waals surface area contributed by atoms with Gasteiger partial charge in [-0.05, 0) is 36.8 Å². The van der Waals surface area contributed by atoms with Crippen molar-refractivity contribution in [2.24, 2.45) is 16.6 Å². The molecule has 30 heavy (non-hydrogen) atoms. The zero-order valence-corrected chi connectivity index (χ0v) is 20.7. The number of guanidine groups is 1. The molecule has 2 aromatic heterocycles. The summed E-state index contributed by atoms with van der Waals surface area (Å²) in [6.45, 7) is 3.04. The Morgan fingerprint density at radius 1 is 1.43 bits per heavy atom. The minimum Gasteiger partial charge on any atom is -0.369 e. The smallest absolute Gasteiger partial charge is 0.222 e. The van der Waals surface area contributed by atoms with Crippen LogP contribution in [0.25, 0.3) is 0 Å². The van der Waals surface area contributed by atoms with Gasteiger partial charge in [-0.1, -0.05) is 12.1 Å². The van der Waals surface area contributed by atoms with Crippen molar-refractivity contribution in [1.82, 2.24) is 15.2 Å². The summed E-state index contributed by atoms with van der Waals surface area (Å²) in [6, 6.07) is 8.26. The number of hydrogen-bond donors (Lipinski definition) is 2. The van der Waals surface area contributed by atoms with Gasteiger partial charge < -0.3 is 20.9 Å². The van der Waals surface area contributed by atoms with E-state index in [1.165, 1.54) is 4.88 Å². The number of amides is 1. The minimum absolute atomic E-state index is 0. The fourth-order valence-electron chi connectivity index (χ4n) is 3.65. The average molecular weight is 542 g/mol. The largest absolute Gasteiger partial charge is 0.369 e. The molecular formula is C21H31IN6OS.